The van der Waals surface area contributed by atoms with Crippen molar-refractivity contribution >= 4 is 17.7 Å². The molecule has 0 aromatic heterocycles. The van der Waals surface area contributed by atoms with Crippen molar-refractivity contribution in [3.05, 3.63) is 12.2 Å². The molecule has 3 amide bonds. The van der Waals surface area contributed by atoms with E-state index in [2.05, 4.69) is 0 Å². The smallest absolute Gasteiger partial charge is 0.229 e. The van der Waals surface area contributed by atoms with Crippen LogP contribution in [0.5, 0.6) is 0 Å². The third kappa shape index (κ3) is 8.27. The molecule has 0 radical (unpaired) electrons. The van der Waals surface area contributed by atoms with E-state index in [-0.39, 0.29) is 23.8 Å². The van der Waals surface area contributed by atoms with Gasteiger partial charge in [0.15, 0.2) is 0 Å². The fourth-order valence-electron chi connectivity index (χ4n) is 2.26. The molecule has 5 heteroatoms. The summed E-state index contributed by atoms with van der Waals surface area (Å²) in [7, 11) is 0. The van der Waals surface area contributed by atoms with Crippen molar-refractivity contribution in [2.24, 2.45) is 0 Å². The van der Waals surface area contributed by atoms with Crippen LogP contribution in [0, 0.1) is 0 Å². The molecule has 5 nitrogen and oxygen atoms in total. The van der Waals surface area contributed by atoms with Crippen LogP contribution in [0.3, 0.4) is 0 Å². The molecule has 0 bridgehead atoms. The largest absolute Gasteiger partial charge is 0.336 e. The van der Waals surface area contributed by atoms with Crippen LogP contribution in [-0.4, -0.2) is 46.1 Å². The van der Waals surface area contributed by atoms with Crippen LogP contribution in [0.2, 0.25) is 0 Å². The summed E-state index contributed by atoms with van der Waals surface area (Å²) in [6, 6.07) is 0.375. The Morgan fingerprint density at radius 2 is 1.21 bits per heavy atom. The molecule has 0 N–H and O–H groups in total. The lowest BCUT2D eigenvalue weighted by molar-refractivity contribution is -0.140. The average Bonchev–Trinajstić information content (AvgIpc) is 2.91. The second-order valence-electron chi connectivity index (χ2n) is 5.57. The van der Waals surface area contributed by atoms with Gasteiger partial charge in [-0.05, 0) is 27.7 Å². The van der Waals surface area contributed by atoms with Gasteiger partial charge >= 0.3 is 0 Å². The summed E-state index contributed by atoms with van der Waals surface area (Å²) >= 11 is 0. The summed E-state index contributed by atoms with van der Waals surface area (Å²) in [6.07, 6.45) is 5.36. The fourth-order valence-corrected chi connectivity index (χ4v) is 2.26. The van der Waals surface area contributed by atoms with Gasteiger partial charge in [-0.3, -0.25) is 19.3 Å². The normalized spacial score (nSPS) is 16.3. The Balaban J connectivity index is 0. The summed E-state index contributed by atoms with van der Waals surface area (Å²) in [5, 5.41) is 0. The van der Waals surface area contributed by atoms with Crippen molar-refractivity contribution in [2.75, 3.05) is 6.54 Å². The van der Waals surface area contributed by atoms with Crippen molar-refractivity contribution in [2.45, 2.75) is 86.7 Å². The topological polar surface area (TPSA) is 57.7 Å². The van der Waals surface area contributed by atoms with Gasteiger partial charge in [-0.1, -0.05) is 39.8 Å². The number of carbonyl (C=O) groups excluding carboxylic acids is 3. The molecule has 0 spiro atoms. The zero-order chi connectivity index (χ0) is 19.3. The van der Waals surface area contributed by atoms with E-state index in [4.69, 9.17) is 0 Å². The zero-order valence-electron chi connectivity index (χ0n) is 16.8. The minimum Gasteiger partial charge on any atom is -0.336 e. The summed E-state index contributed by atoms with van der Waals surface area (Å²) in [6.45, 7) is 16.6. The standard InChI is InChI=1S/C8H13NO.C7H11NO2.2C2H6/c1-7(2)9-6-4-3-5-8(9)10;1-5(2)8-6(9)3-4-7(8)10;2*1-2/h3-4,7H,5-6H2,1-2H3;5H,3-4H2,1-2H3;2*1-2H3. The maximum atomic E-state index is 11.1. The number of hydrogen-bond acceptors (Lipinski definition) is 3. The fraction of sp³-hybridized carbons (Fsp3) is 0.737. The van der Waals surface area contributed by atoms with E-state index in [1.54, 1.807) is 0 Å². The Morgan fingerprint density at radius 1 is 0.750 bits per heavy atom. The first kappa shape index (κ1) is 24.6. The molecule has 2 aliphatic heterocycles. The monoisotopic (exact) mass is 340 g/mol. The summed E-state index contributed by atoms with van der Waals surface area (Å²) in [4.78, 5) is 36.2. The van der Waals surface area contributed by atoms with Gasteiger partial charge in [0, 0.05) is 37.9 Å². The first-order valence-electron chi connectivity index (χ1n) is 9.14. The quantitative estimate of drug-likeness (QED) is 0.568. The second kappa shape index (κ2) is 13.8. The number of imide groups is 1. The van der Waals surface area contributed by atoms with Crippen LogP contribution >= 0.6 is 0 Å². The van der Waals surface area contributed by atoms with E-state index >= 15 is 0 Å². The highest BCUT2D eigenvalue weighted by Gasteiger charge is 2.30. The van der Waals surface area contributed by atoms with E-state index in [1.165, 1.54) is 4.90 Å². The molecular formula is C19H36N2O3. The molecule has 0 unspecified atom stereocenters. The molecule has 0 saturated carbocycles. The van der Waals surface area contributed by atoms with Gasteiger partial charge in [-0.15, -0.1) is 0 Å². The molecule has 1 saturated heterocycles. The van der Waals surface area contributed by atoms with Gasteiger partial charge in [0.1, 0.15) is 0 Å². The molecule has 2 aliphatic rings. The predicted octanol–water partition coefficient (Wildman–Crippen LogP) is 3.78. The molecule has 2 rings (SSSR count). The summed E-state index contributed by atoms with van der Waals surface area (Å²) in [5.74, 6) is 0.192. The van der Waals surface area contributed by atoms with Crippen molar-refractivity contribution in [3.63, 3.8) is 0 Å². The van der Waals surface area contributed by atoms with Crippen LogP contribution in [0.25, 0.3) is 0 Å². The minimum atomic E-state index is -0.0278. The van der Waals surface area contributed by atoms with Crippen LogP contribution in [-0.2, 0) is 14.4 Å². The molecule has 24 heavy (non-hydrogen) atoms. The van der Waals surface area contributed by atoms with Gasteiger partial charge in [0.2, 0.25) is 17.7 Å². The highest BCUT2D eigenvalue weighted by atomic mass is 16.2. The average molecular weight is 341 g/mol. The maximum absolute atomic E-state index is 11.1. The Labute approximate surface area is 148 Å². The van der Waals surface area contributed by atoms with Crippen LogP contribution in [0.4, 0.5) is 0 Å². The third-order valence-electron chi connectivity index (χ3n) is 3.31. The van der Waals surface area contributed by atoms with Crippen molar-refractivity contribution in [1.29, 1.82) is 0 Å². The third-order valence-corrected chi connectivity index (χ3v) is 3.31. The van der Waals surface area contributed by atoms with Gasteiger partial charge in [-0.25, -0.2) is 0 Å². The predicted molar refractivity (Wildman–Crippen MR) is 99.5 cm³/mol. The molecule has 0 aromatic carbocycles. The van der Waals surface area contributed by atoms with E-state index < -0.39 is 0 Å². The van der Waals surface area contributed by atoms with E-state index in [1.807, 2.05) is 72.4 Å². The number of hydrogen-bond donors (Lipinski definition) is 0. The summed E-state index contributed by atoms with van der Waals surface area (Å²) in [5.41, 5.74) is 0. The van der Waals surface area contributed by atoms with E-state index in [0.29, 0.717) is 25.3 Å². The van der Waals surface area contributed by atoms with Crippen molar-refractivity contribution < 1.29 is 14.4 Å². The Bertz CT molecular complexity index is 396. The lowest BCUT2D eigenvalue weighted by atomic mass is 10.2. The highest BCUT2D eigenvalue weighted by molar-refractivity contribution is 6.02. The van der Waals surface area contributed by atoms with Gasteiger partial charge < -0.3 is 4.90 Å². The number of nitrogens with zero attached hydrogens (tertiary/aromatic N) is 2. The molecule has 0 aliphatic carbocycles. The Morgan fingerprint density at radius 3 is 1.46 bits per heavy atom. The number of rotatable bonds is 2. The van der Waals surface area contributed by atoms with Crippen LogP contribution in [0.15, 0.2) is 12.2 Å². The molecule has 0 atom stereocenters. The lowest BCUT2D eigenvalue weighted by Crippen LogP contribution is -2.38. The lowest BCUT2D eigenvalue weighted by Gasteiger charge is -2.27. The maximum Gasteiger partial charge on any atom is 0.229 e. The minimum absolute atomic E-state index is 0.0278. The second-order valence-corrected chi connectivity index (χ2v) is 5.57. The first-order valence-corrected chi connectivity index (χ1v) is 9.14. The van der Waals surface area contributed by atoms with Crippen LogP contribution in [0.1, 0.15) is 74.7 Å². The molecule has 2 heterocycles. The number of carbonyl (C=O) groups is 3. The molecule has 0 aromatic rings. The number of amides is 3. The summed E-state index contributed by atoms with van der Waals surface area (Å²) < 4.78 is 0. The van der Waals surface area contributed by atoms with Crippen molar-refractivity contribution in [1.82, 2.24) is 9.80 Å². The van der Waals surface area contributed by atoms with Gasteiger partial charge in [-0.2, -0.15) is 0 Å². The number of likely N-dealkylation sites (tertiary alicyclic amines) is 1. The molecule has 140 valence electrons. The highest BCUT2D eigenvalue weighted by Crippen LogP contribution is 2.14. The van der Waals surface area contributed by atoms with E-state index in [9.17, 15) is 14.4 Å². The Kier molecular flexibility index (Phi) is 14.1. The Hall–Kier alpha value is -1.65. The first-order chi connectivity index (χ1) is 11.3. The zero-order valence-corrected chi connectivity index (χ0v) is 16.8. The molecular weight excluding hydrogens is 304 g/mol. The van der Waals surface area contributed by atoms with E-state index in [0.717, 1.165) is 6.54 Å². The van der Waals surface area contributed by atoms with Crippen molar-refractivity contribution in [3.8, 4) is 0 Å². The molecule has 1 fully saturated rings. The van der Waals surface area contributed by atoms with Gasteiger partial charge in [0.25, 0.3) is 0 Å². The van der Waals surface area contributed by atoms with Gasteiger partial charge in [0.05, 0.1) is 0 Å². The SMILES string of the molecule is CC.CC.CC(C)N1C(=O)CCC1=O.CC(C)N1CC=CCC1=O. The van der Waals surface area contributed by atoms with Crippen LogP contribution < -0.4 is 0 Å².